The van der Waals surface area contributed by atoms with E-state index in [4.69, 9.17) is 17.7 Å². The highest BCUT2D eigenvalue weighted by atomic mass is 32.2. The van der Waals surface area contributed by atoms with Crippen molar-refractivity contribution in [3.8, 4) is 0 Å². The van der Waals surface area contributed by atoms with Crippen LogP contribution in [0.1, 0.15) is 13.3 Å². The van der Waals surface area contributed by atoms with Gasteiger partial charge in [-0.15, -0.1) is 0 Å². The van der Waals surface area contributed by atoms with Gasteiger partial charge in [0.2, 0.25) is 0 Å². The molecule has 0 saturated heterocycles. The summed E-state index contributed by atoms with van der Waals surface area (Å²) in [4.78, 5) is 10.4. The minimum absolute atomic E-state index is 0.246. The Morgan fingerprint density at radius 2 is 2.89 bits per heavy atom. The summed E-state index contributed by atoms with van der Waals surface area (Å²) >= 11 is 0.246. The summed E-state index contributed by atoms with van der Waals surface area (Å²) in [5, 5.41) is 8.44. The van der Waals surface area contributed by atoms with Gasteiger partial charge in [-0.3, -0.25) is 4.79 Å². The Bertz CT molecular complexity index is 214. The molecule has 0 aliphatic carbocycles. The fraction of sp³-hybridized carbons (Fsp3) is 0.800. The summed E-state index contributed by atoms with van der Waals surface area (Å²) in [6.07, 6.45) is -3.22. The number of hydrogen-bond donors (Lipinski definition) is 2. The van der Waals surface area contributed by atoms with E-state index in [1.165, 1.54) is 0 Å². The highest BCUT2D eigenvalue weighted by Gasteiger charge is 2.08. The van der Waals surface area contributed by atoms with E-state index in [-0.39, 0.29) is 11.8 Å². The van der Waals surface area contributed by atoms with Crippen molar-refractivity contribution in [1.29, 1.82) is 0 Å². The lowest BCUT2D eigenvalue weighted by Crippen LogP contribution is -2.30. The molecule has 54 valence electrons. The molecule has 0 rings (SSSR count). The van der Waals surface area contributed by atoms with Gasteiger partial charge in [-0.1, -0.05) is 0 Å². The molecule has 0 spiro atoms. The highest BCUT2D eigenvalue weighted by Crippen LogP contribution is 1.97. The molecule has 0 bridgehead atoms. The number of aliphatic carboxylic acids is 1. The fourth-order valence-corrected chi connectivity index (χ4v) is 0.409. The molecule has 1 unspecified atom stereocenters. The number of carboxylic acids is 1. The van der Waals surface area contributed by atoms with Crippen LogP contribution >= 0.6 is 11.8 Å². The van der Waals surface area contributed by atoms with Crippen LogP contribution in [-0.2, 0) is 4.79 Å². The van der Waals surface area contributed by atoms with Crippen LogP contribution in [0.2, 0.25) is 0 Å². The Kier molecular flexibility index (Phi) is 1.68. The van der Waals surface area contributed by atoms with E-state index < -0.39 is 30.3 Å². The Morgan fingerprint density at radius 1 is 2.22 bits per heavy atom. The molecule has 0 saturated carbocycles. The van der Waals surface area contributed by atoms with Gasteiger partial charge in [0.05, 0.1) is 0 Å². The van der Waals surface area contributed by atoms with E-state index >= 15 is 0 Å². The first kappa shape index (κ1) is 3.25. The topological polar surface area (TPSA) is 63.3 Å². The highest BCUT2D eigenvalue weighted by molar-refractivity contribution is 7.98. The first-order valence-corrected chi connectivity index (χ1v) is 2.99. The molecule has 0 aromatic carbocycles. The molecule has 0 aromatic heterocycles. The zero-order chi connectivity index (χ0) is 11.5. The maximum Gasteiger partial charge on any atom is 0.320 e. The first-order chi connectivity index (χ1) is 6.18. The van der Waals surface area contributed by atoms with Crippen molar-refractivity contribution < 1.29 is 16.8 Å². The van der Waals surface area contributed by atoms with Gasteiger partial charge < -0.3 is 10.8 Å². The molecule has 3 N–H and O–H groups in total. The van der Waals surface area contributed by atoms with Gasteiger partial charge in [-0.25, -0.2) is 0 Å². The second kappa shape index (κ2) is 4.64. The van der Waals surface area contributed by atoms with Gasteiger partial charge in [-0.05, 0) is 18.3 Å². The van der Waals surface area contributed by atoms with Crippen LogP contribution in [-0.4, -0.2) is 29.0 Å². The maximum absolute atomic E-state index is 10.4. The molecule has 0 fully saturated rings. The van der Waals surface area contributed by atoms with E-state index in [1.54, 1.807) is 0 Å². The molecule has 3 nitrogen and oxygen atoms in total. The molecule has 0 amide bonds. The summed E-state index contributed by atoms with van der Waals surface area (Å²) in [7, 11) is 0. The third-order valence-corrected chi connectivity index (χ3v) is 0.873. The number of hydrogen-bond acceptors (Lipinski definition) is 3. The number of nitrogens with two attached hydrogens (primary N) is 1. The SMILES string of the molecule is [2H]C([2H])SC([2H])([2H])C([2H])[C@H](N)C(=O)O. The molecular formula is C5H11NO2S. The normalized spacial score (nSPS) is 26.7. The van der Waals surface area contributed by atoms with Gasteiger partial charge in [-0.2, -0.15) is 11.8 Å². The molecule has 9 heavy (non-hydrogen) atoms. The summed E-state index contributed by atoms with van der Waals surface area (Å²) in [5.41, 5.74) is 2.75. The molecular weight excluding hydrogens is 138 g/mol. The van der Waals surface area contributed by atoms with E-state index in [0.29, 0.717) is 0 Å². The van der Waals surface area contributed by atoms with Gasteiger partial charge in [0.1, 0.15) is 6.04 Å². The van der Waals surface area contributed by atoms with Crippen LogP contribution in [0.15, 0.2) is 0 Å². The molecule has 0 aliphatic rings. The van der Waals surface area contributed by atoms with E-state index in [1.807, 2.05) is 0 Å². The summed E-state index contributed by atoms with van der Waals surface area (Å²) in [6.45, 7) is 0. The zero-order valence-electron chi connectivity index (χ0n) is 9.57. The van der Waals surface area contributed by atoms with E-state index in [9.17, 15) is 4.79 Å². The average molecular weight is 154 g/mol. The quantitative estimate of drug-likeness (QED) is 0.605. The van der Waals surface area contributed by atoms with Gasteiger partial charge in [0.25, 0.3) is 0 Å². The first-order valence-electron chi connectivity index (χ1n) is 4.84. The molecule has 0 heterocycles. The van der Waals surface area contributed by atoms with Crippen molar-refractivity contribution in [3.05, 3.63) is 0 Å². The minimum Gasteiger partial charge on any atom is -0.480 e. The van der Waals surface area contributed by atoms with Crippen LogP contribution in [0.4, 0.5) is 0 Å². The Labute approximate surface area is 65.6 Å². The van der Waals surface area contributed by atoms with Gasteiger partial charge >= 0.3 is 5.97 Å². The number of rotatable bonds is 4. The lowest BCUT2D eigenvalue weighted by atomic mass is 10.2. The lowest BCUT2D eigenvalue weighted by Gasteiger charge is -2.02. The molecule has 4 heteroatoms. The van der Waals surface area contributed by atoms with Crippen LogP contribution < -0.4 is 5.73 Å². The smallest absolute Gasteiger partial charge is 0.320 e. The van der Waals surface area contributed by atoms with Crippen molar-refractivity contribution in [3.63, 3.8) is 0 Å². The van der Waals surface area contributed by atoms with Crippen LogP contribution in [0.5, 0.6) is 0 Å². The van der Waals surface area contributed by atoms with E-state index in [0.717, 1.165) is 0 Å². The Balaban J connectivity index is 4.48. The second-order valence-corrected chi connectivity index (χ2v) is 1.74. The zero-order valence-corrected chi connectivity index (χ0v) is 5.39. The van der Waals surface area contributed by atoms with Crippen molar-refractivity contribution in [2.45, 2.75) is 12.4 Å². The van der Waals surface area contributed by atoms with Crippen molar-refractivity contribution >= 4 is 17.7 Å². The third-order valence-electron chi connectivity index (χ3n) is 0.601. The van der Waals surface area contributed by atoms with Crippen LogP contribution in [0.3, 0.4) is 0 Å². The van der Waals surface area contributed by atoms with Crippen molar-refractivity contribution in [2.24, 2.45) is 5.73 Å². The summed E-state index contributed by atoms with van der Waals surface area (Å²) < 4.78 is 35.3. The minimum atomic E-state index is -2.31. The number of thioether (sulfide) groups is 1. The average Bonchev–Trinajstić information content (AvgIpc) is 1.99. The summed E-state index contributed by atoms with van der Waals surface area (Å²) in [5.74, 6) is -1.47. The molecule has 0 aromatic rings. The predicted molar refractivity (Wildman–Crippen MR) is 38.6 cm³/mol. The van der Waals surface area contributed by atoms with Crippen LogP contribution in [0.25, 0.3) is 0 Å². The third kappa shape index (κ3) is 4.29. The number of carboxylic acid groups (broad SMARTS) is 1. The fourth-order valence-electron chi connectivity index (χ4n) is 0.184. The monoisotopic (exact) mass is 154 g/mol. The largest absolute Gasteiger partial charge is 0.480 e. The summed E-state index contributed by atoms with van der Waals surface area (Å²) in [6, 6.07) is -1.66. The van der Waals surface area contributed by atoms with Crippen molar-refractivity contribution in [1.82, 2.24) is 0 Å². The molecule has 0 radical (unpaired) electrons. The standard InChI is InChI=1S/C5H11NO2S/c1-9-3-2-4(6)5(7)8/h4H,2-3,6H2,1H3,(H,7,8)/t4-/m0/s1/i1D2,2D,3D2/t2?,4-. The second-order valence-electron chi connectivity index (χ2n) is 1.27. The van der Waals surface area contributed by atoms with E-state index in [2.05, 4.69) is 0 Å². The molecule has 0 aliphatic heterocycles. The maximum atomic E-state index is 10.4. The van der Waals surface area contributed by atoms with Gasteiger partial charge in [0.15, 0.2) is 0 Å². The van der Waals surface area contributed by atoms with Crippen LogP contribution in [0, 0.1) is 0 Å². The predicted octanol–water partition coefficient (Wildman–Crippen LogP) is 0.151. The Morgan fingerprint density at radius 3 is 3.33 bits per heavy atom. The van der Waals surface area contributed by atoms with Gasteiger partial charge in [0, 0.05) is 6.85 Å². The lowest BCUT2D eigenvalue weighted by molar-refractivity contribution is -0.138. The Hall–Kier alpha value is -0.220. The van der Waals surface area contributed by atoms with Crippen molar-refractivity contribution in [2.75, 3.05) is 11.9 Å². The number of carbonyl (C=O) groups is 1. The molecule has 2 atom stereocenters.